The highest BCUT2D eigenvalue weighted by atomic mass is 28.3. The van der Waals surface area contributed by atoms with E-state index in [9.17, 15) is 0 Å². The number of ether oxygens (including phenoxy) is 1. The second kappa shape index (κ2) is 7.62. The molecule has 0 aromatic heterocycles. The van der Waals surface area contributed by atoms with Gasteiger partial charge in [-0.05, 0) is 23.7 Å². The van der Waals surface area contributed by atoms with Crippen molar-refractivity contribution in [2.45, 2.75) is 57.8 Å². The summed E-state index contributed by atoms with van der Waals surface area (Å²) in [7, 11) is 0.657. The maximum Gasteiger partial charge on any atom is 0.119 e. The number of methoxy groups -OCH3 is 1. The van der Waals surface area contributed by atoms with Gasteiger partial charge in [0, 0.05) is 0 Å². The molecule has 0 aliphatic heterocycles. The molecule has 0 atom stereocenters. The molecule has 0 amide bonds. The van der Waals surface area contributed by atoms with E-state index in [1.807, 2.05) is 6.07 Å². The van der Waals surface area contributed by atoms with E-state index in [1.54, 1.807) is 7.11 Å². The molecule has 1 rings (SSSR count). The molecule has 0 aliphatic rings. The van der Waals surface area contributed by atoms with E-state index in [2.05, 4.69) is 38.2 Å². The van der Waals surface area contributed by atoms with Crippen LogP contribution in [0.15, 0.2) is 24.3 Å². The summed E-state index contributed by atoms with van der Waals surface area (Å²) < 4.78 is 5.30. The number of hydrogen-bond donors (Lipinski definition) is 0. The normalized spacial score (nSPS) is 11.6. The molecule has 102 valence electrons. The SMILES string of the molecule is CCCCCC[Si](C)(C)Cc1cccc(OC)c1. The molecule has 0 unspecified atom stereocenters. The van der Waals surface area contributed by atoms with Gasteiger partial charge in [-0.1, -0.05) is 63.9 Å². The summed E-state index contributed by atoms with van der Waals surface area (Å²) in [4.78, 5) is 0. The first-order valence-corrected chi connectivity index (χ1v) is 10.6. The van der Waals surface area contributed by atoms with E-state index in [-0.39, 0.29) is 0 Å². The van der Waals surface area contributed by atoms with Gasteiger partial charge in [-0.3, -0.25) is 0 Å². The lowest BCUT2D eigenvalue weighted by molar-refractivity contribution is 0.414. The Kier molecular flexibility index (Phi) is 6.48. The summed E-state index contributed by atoms with van der Waals surface area (Å²) in [5, 5.41) is 0. The van der Waals surface area contributed by atoms with Crippen LogP contribution in [-0.2, 0) is 6.04 Å². The molecule has 0 saturated heterocycles. The predicted molar refractivity (Wildman–Crippen MR) is 83.1 cm³/mol. The fraction of sp³-hybridized carbons (Fsp3) is 0.625. The highest BCUT2D eigenvalue weighted by Crippen LogP contribution is 2.22. The van der Waals surface area contributed by atoms with Crippen molar-refractivity contribution in [3.63, 3.8) is 0 Å². The molecule has 0 spiro atoms. The molecule has 0 aliphatic carbocycles. The van der Waals surface area contributed by atoms with Gasteiger partial charge in [-0.25, -0.2) is 0 Å². The molecule has 18 heavy (non-hydrogen) atoms. The Morgan fingerprint density at radius 2 is 1.89 bits per heavy atom. The average molecular weight is 264 g/mol. The van der Waals surface area contributed by atoms with Gasteiger partial charge < -0.3 is 4.74 Å². The maximum absolute atomic E-state index is 5.30. The highest BCUT2D eigenvalue weighted by Gasteiger charge is 2.20. The van der Waals surface area contributed by atoms with Crippen molar-refractivity contribution in [1.82, 2.24) is 0 Å². The predicted octanol–water partition coefficient (Wildman–Crippen LogP) is 5.07. The van der Waals surface area contributed by atoms with E-state index in [4.69, 9.17) is 4.74 Å². The minimum atomic E-state index is -1.09. The van der Waals surface area contributed by atoms with Crippen molar-refractivity contribution in [2.24, 2.45) is 0 Å². The van der Waals surface area contributed by atoms with Crippen molar-refractivity contribution in [3.05, 3.63) is 29.8 Å². The van der Waals surface area contributed by atoms with Gasteiger partial charge in [-0.15, -0.1) is 0 Å². The minimum Gasteiger partial charge on any atom is -0.497 e. The van der Waals surface area contributed by atoms with Gasteiger partial charge >= 0.3 is 0 Å². The molecule has 0 N–H and O–H groups in total. The standard InChI is InChI=1S/C16H28OSi/c1-5-6-7-8-12-18(3,4)14-15-10-9-11-16(13-15)17-2/h9-11,13H,5-8,12,14H2,1-4H3. The van der Waals surface area contributed by atoms with Crippen LogP contribution in [0.1, 0.15) is 38.2 Å². The quantitative estimate of drug-likeness (QED) is 0.471. The lowest BCUT2D eigenvalue weighted by atomic mass is 10.2. The molecular formula is C16H28OSi. The fourth-order valence-electron chi connectivity index (χ4n) is 2.45. The topological polar surface area (TPSA) is 9.23 Å². The Morgan fingerprint density at radius 3 is 2.56 bits per heavy atom. The lowest BCUT2D eigenvalue weighted by Gasteiger charge is -2.22. The molecule has 0 bridgehead atoms. The lowest BCUT2D eigenvalue weighted by Crippen LogP contribution is -2.28. The second-order valence-corrected chi connectivity index (χ2v) is 11.2. The first-order chi connectivity index (χ1) is 8.57. The van der Waals surface area contributed by atoms with Crippen molar-refractivity contribution < 1.29 is 4.74 Å². The Hall–Kier alpha value is -0.763. The molecule has 1 nitrogen and oxygen atoms in total. The molecule has 0 fully saturated rings. The van der Waals surface area contributed by atoms with Crippen LogP contribution in [0.25, 0.3) is 0 Å². The summed E-state index contributed by atoms with van der Waals surface area (Å²) in [6, 6.07) is 11.3. The Morgan fingerprint density at radius 1 is 1.11 bits per heavy atom. The fourth-order valence-corrected chi connectivity index (χ4v) is 5.16. The van der Waals surface area contributed by atoms with Crippen LogP contribution in [0, 0.1) is 0 Å². The number of benzene rings is 1. The van der Waals surface area contributed by atoms with E-state index in [0.717, 1.165) is 5.75 Å². The van der Waals surface area contributed by atoms with Gasteiger partial charge in [0.15, 0.2) is 0 Å². The number of unbranched alkanes of at least 4 members (excludes halogenated alkanes) is 3. The van der Waals surface area contributed by atoms with Crippen LogP contribution in [0.2, 0.25) is 19.1 Å². The highest BCUT2D eigenvalue weighted by molar-refractivity contribution is 6.76. The monoisotopic (exact) mass is 264 g/mol. The average Bonchev–Trinajstić information content (AvgIpc) is 2.34. The summed E-state index contributed by atoms with van der Waals surface area (Å²) in [6.07, 6.45) is 5.55. The molecule has 2 heteroatoms. The van der Waals surface area contributed by atoms with Crippen molar-refractivity contribution in [1.29, 1.82) is 0 Å². The number of rotatable bonds is 8. The molecular weight excluding hydrogens is 236 g/mol. The molecule has 1 aromatic carbocycles. The van der Waals surface area contributed by atoms with Crippen LogP contribution in [0.5, 0.6) is 5.75 Å². The summed E-state index contributed by atoms with van der Waals surface area (Å²) >= 11 is 0. The zero-order chi connectivity index (χ0) is 13.4. The van der Waals surface area contributed by atoms with Crippen LogP contribution in [0.4, 0.5) is 0 Å². The smallest absolute Gasteiger partial charge is 0.119 e. The molecule has 0 saturated carbocycles. The maximum atomic E-state index is 5.30. The minimum absolute atomic E-state index is 0.989. The van der Waals surface area contributed by atoms with Gasteiger partial charge in [0.05, 0.1) is 15.2 Å². The van der Waals surface area contributed by atoms with E-state index in [1.165, 1.54) is 43.3 Å². The van der Waals surface area contributed by atoms with Gasteiger partial charge in [0.1, 0.15) is 5.75 Å². The van der Waals surface area contributed by atoms with E-state index >= 15 is 0 Å². The Balaban J connectivity index is 2.47. The van der Waals surface area contributed by atoms with Crippen LogP contribution >= 0.6 is 0 Å². The Labute approximate surface area is 114 Å². The van der Waals surface area contributed by atoms with Gasteiger partial charge in [0.2, 0.25) is 0 Å². The molecule has 0 heterocycles. The van der Waals surface area contributed by atoms with Crippen LogP contribution < -0.4 is 4.74 Å². The zero-order valence-electron chi connectivity index (χ0n) is 12.5. The van der Waals surface area contributed by atoms with Crippen LogP contribution in [0.3, 0.4) is 0 Å². The molecule has 1 aromatic rings. The Bertz CT molecular complexity index is 347. The molecule has 0 radical (unpaired) electrons. The first-order valence-electron chi connectivity index (χ1n) is 7.20. The van der Waals surface area contributed by atoms with Gasteiger partial charge in [0.25, 0.3) is 0 Å². The van der Waals surface area contributed by atoms with Crippen molar-refractivity contribution >= 4 is 8.07 Å². The summed E-state index contributed by atoms with van der Waals surface area (Å²) in [5.74, 6) is 0.989. The van der Waals surface area contributed by atoms with Crippen LogP contribution in [-0.4, -0.2) is 15.2 Å². The summed E-state index contributed by atoms with van der Waals surface area (Å²) in [5.41, 5.74) is 1.45. The van der Waals surface area contributed by atoms with Gasteiger partial charge in [-0.2, -0.15) is 0 Å². The third kappa shape index (κ3) is 5.72. The summed E-state index contributed by atoms with van der Waals surface area (Å²) in [6.45, 7) is 7.30. The zero-order valence-corrected chi connectivity index (χ0v) is 13.5. The van der Waals surface area contributed by atoms with Crippen molar-refractivity contribution in [2.75, 3.05) is 7.11 Å². The second-order valence-electron chi connectivity index (χ2n) is 6.00. The first kappa shape index (κ1) is 15.3. The van der Waals surface area contributed by atoms with E-state index in [0.29, 0.717) is 0 Å². The largest absolute Gasteiger partial charge is 0.497 e. The number of hydrogen-bond acceptors (Lipinski definition) is 1. The third-order valence-electron chi connectivity index (χ3n) is 3.52. The van der Waals surface area contributed by atoms with E-state index < -0.39 is 8.07 Å². The van der Waals surface area contributed by atoms with Crippen molar-refractivity contribution in [3.8, 4) is 5.75 Å². The third-order valence-corrected chi connectivity index (χ3v) is 6.60.